The molecular formula is C30H37N5O4. The summed E-state index contributed by atoms with van der Waals surface area (Å²) in [6.45, 7) is 6.84. The lowest BCUT2D eigenvalue weighted by molar-refractivity contribution is 0.0109. The lowest BCUT2D eigenvalue weighted by Gasteiger charge is -2.36. The summed E-state index contributed by atoms with van der Waals surface area (Å²) in [5, 5.41) is 2.80. The maximum absolute atomic E-state index is 13.6. The molecule has 1 aromatic heterocycles. The van der Waals surface area contributed by atoms with Gasteiger partial charge >= 0.3 is 0 Å². The van der Waals surface area contributed by atoms with Crippen LogP contribution in [0.15, 0.2) is 67.1 Å². The number of aromatic nitrogens is 2. The SMILES string of the molecule is CO[C@H]1CN(C)C(=O)c2cc(NC(=O)c3cnccn3)ccc2OC[C@@H](C)N(CCc2ccccc2)C[C@H]1C. The van der Waals surface area contributed by atoms with Crippen molar-refractivity contribution in [3.63, 3.8) is 0 Å². The van der Waals surface area contributed by atoms with Gasteiger partial charge in [-0.05, 0) is 43.0 Å². The third kappa shape index (κ3) is 7.40. The third-order valence-corrected chi connectivity index (χ3v) is 7.16. The standard InChI is InChI=1S/C30H37N5O4/c1-21-18-35(15-12-23-8-6-5-7-9-23)22(2)20-39-27-11-10-24(33-29(36)26-17-31-13-14-32-26)16-25(27)30(37)34(3)19-28(21)38-4/h5-11,13-14,16-17,21-22,28H,12,15,18-20H2,1-4H3,(H,33,36)/t21-,22-,28+/m1/s1. The van der Waals surface area contributed by atoms with Gasteiger partial charge < -0.3 is 19.7 Å². The summed E-state index contributed by atoms with van der Waals surface area (Å²) >= 11 is 0. The smallest absolute Gasteiger partial charge is 0.275 e. The number of anilines is 1. The normalized spacial score (nSPS) is 20.8. The van der Waals surface area contributed by atoms with E-state index in [0.717, 1.165) is 19.5 Å². The van der Waals surface area contributed by atoms with Gasteiger partial charge in [0.15, 0.2) is 0 Å². The molecule has 39 heavy (non-hydrogen) atoms. The lowest BCUT2D eigenvalue weighted by atomic mass is 10.0. The molecule has 0 radical (unpaired) electrons. The van der Waals surface area contributed by atoms with Crippen molar-refractivity contribution in [2.24, 2.45) is 5.92 Å². The van der Waals surface area contributed by atoms with Crippen LogP contribution in [0, 0.1) is 5.92 Å². The number of hydrogen-bond donors (Lipinski definition) is 1. The van der Waals surface area contributed by atoms with Crippen LogP contribution in [-0.2, 0) is 11.2 Å². The van der Waals surface area contributed by atoms with E-state index in [0.29, 0.717) is 30.2 Å². The van der Waals surface area contributed by atoms with Crippen molar-refractivity contribution in [3.05, 3.63) is 83.9 Å². The largest absolute Gasteiger partial charge is 0.491 e. The number of rotatable bonds is 6. The zero-order chi connectivity index (χ0) is 27.8. The van der Waals surface area contributed by atoms with Gasteiger partial charge in [0.05, 0.1) is 17.9 Å². The second-order valence-electron chi connectivity index (χ2n) is 10.1. The molecule has 1 N–H and O–H groups in total. The van der Waals surface area contributed by atoms with Gasteiger partial charge in [-0.25, -0.2) is 4.98 Å². The number of likely N-dealkylation sites (N-methyl/N-ethyl adjacent to an activating group) is 1. The number of benzene rings is 2. The molecule has 2 amide bonds. The molecule has 0 saturated heterocycles. The number of ether oxygens (including phenoxy) is 2. The zero-order valence-corrected chi connectivity index (χ0v) is 23.0. The number of nitrogens with zero attached hydrogens (tertiary/aromatic N) is 4. The van der Waals surface area contributed by atoms with Crippen molar-refractivity contribution in [1.82, 2.24) is 19.8 Å². The molecule has 3 aromatic rings. The number of carbonyl (C=O) groups is 2. The van der Waals surface area contributed by atoms with Crippen LogP contribution < -0.4 is 10.1 Å². The molecule has 0 unspecified atom stereocenters. The molecule has 1 aliphatic heterocycles. The molecule has 0 fully saturated rings. The van der Waals surface area contributed by atoms with Gasteiger partial charge in [-0.1, -0.05) is 37.3 Å². The van der Waals surface area contributed by atoms with Crippen LogP contribution in [0.3, 0.4) is 0 Å². The quantitative estimate of drug-likeness (QED) is 0.517. The number of methoxy groups -OCH3 is 1. The summed E-state index contributed by atoms with van der Waals surface area (Å²) in [5.74, 6) is 0.0414. The molecule has 4 rings (SSSR count). The Morgan fingerprint density at radius 1 is 1.13 bits per heavy atom. The van der Waals surface area contributed by atoms with E-state index < -0.39 is 5.91 Å². The van der Waals surface area contributed by atoms with Crippen molar-refractivity contribution in [2.75, 3.05) is 45.7 Å². The molecule has 1 aliphatic rings. The zero-order valence-electron chi connectivity index (χ0n) is 23.0. The predicted octanol–water partition coefficient (Wildman–Crippen LogP) is 3.78. The van der Waals surface area contributed by atoms with Crippen molar-refractivity contribution in [1.29, 1.82) is 0 Å². The number of nitrogens with one attached hydrogen (secondary N) is 1. The number of carbonyl (C=O) groups excluding carboxylic acids is 2. The summed E-state index contributed by atoms with van der Waals surface area (Å²) in [5.41, 5.74) is 2.32. The highest BCUT2D eigenvalue weighted by Gasteiger charge is 2.28. The molecular weight excluding hydrogens is 494 g/mol. The average Bonchev–Trinajstić information content (AvgIpc) is 2.96. The fraction of sp³-hybridized carbons (Fsp3) is 0.400. The highest BCUT2D eigenvalue weighted by molar-refractivity contribution is 6.04. The van der Waals surface area contributed by atoms with E-state index >= 15 is 0 Å². The van der Waals surface area contributed by atoms with Gasteiger partial charge in [0.2, 0.25) is 0 Å². The van der Waals surface area contributed by atoms with Crippen molar-refractivity contribution >= 4 is 17.5 Å². The first kappa shape index (κ1) is 28.2. The molecule has 9 nitrogen and oxygen atoms in total. The van der Waals surface area contributed by atoms with E-state index in [1.54, 1.807) is 37.3 Å². The van der Waals surface area contributed by atoms with E-state index in [2.05, 4.69) is 58.3 Å². The highest BCUT2D eigenvalue weighted by Crippen LogP contribution is 2.27. The Morgan fingerprint density at radius 2 is 1.92 bits per heavy atom. The van der Waals surface area contributed by atoms with Crippen LogP contribution >= 0.6 is 0 Å². The number of hydrogen-bond acceptors (Lipinski definition) is 7. The summed E-state index contributed by atoms with van der Waals surface area (Å²) in [6, 6.07) is 15.7. The Labute approximate surface area is 230 Å². The summed E-state index contributed by atoms with van der Waals surface area (Å²) < 4.78 is 12.1. The molecule has 206 valence electrons. The fourth-order valence-corrected chi connectivity index (χ4v) is 4.77. The Hall–Kier alpha value is -3.82. The van der Waals surface area contributed by atoms with E-state index in [-0.39, 0.29) is 29.7 Å². The first-order chi connectivity index (χ1) is 18.9. The van der Waals surface area contributed by atoms with E-state index in [4.69, 9.17) is 9.47 Å². The Kier molecular flexibility index (Phi) is 9.62. The topological polar surface area (TPSA) is 96.9 Å². The predicted molar refractivity (Wildman–Crippen MR) is 150 cm³/mol. The van der Waals surface area contributed by atoms with E-state index in [1.807, 2.05) is 6.07 Å². The van der Waals surface area contributed by atoms with Crippen LogP contribution in [-0.4, -0.2) is 84.1 Å². The molecule has 0 bridgehead atoms. The lowest BCUT2D eigenvalue weighted by Crippen LogP contribution is -2.47. The Balaban J connectivity index is 1.58. The average molecular weight is 532 g/mol. The van der Waals surface area contributed by atoms with Crippen LogP contribution in [0.2, 0.25) is 0 Å². The van der Waals surface area contributed by atoms with E-state index in [1.165, 1.54) is 24.2 Å². The second kappa shape index (κ2) is 13.3. The van der Waals surface area contributed by atoms with Gasteiger partial charge in [-0.3, -0.25) is 19.5 Å². The third-order valence-electron chi connectivity index (χ3n) is 7.16. The van der Waals surface area contributed by atoms with Gasteiger partial charge in [0.1, 0.15) is 18.1 Å². The van der Waals surface area contributed by atoms with Crippen molar-refractivity contribution < 1.29 is 19.1 Å². The number of fused-ring (bicyclic) bond motifs is 1. The Morgan fingerprint density at radius 3 is 2.64 bits per heavy atom. The summed E-state index contributed by atoms with van der Waals surface area (Å²) in [7, 11) is 3.46. The molecule has 2 aromatic carbocycles. The second-order valence-corrected chi connectivity index (χ2v) is 10.1. The minimum absolute atomic E-state index is 0.102. The molecule has 0 spiro atoms. The van der Waals surface area contributed by atoms with Crippen LogP contribution in [0.5, 0.6) is 5.75 Å². The highest BCUT2D eigenvalue weighted by atomic mass is 16.5. The van der Waals surface area contributed by atoms with Gasteiger partial charge in [-0.2, -0.15) is 0 Å². The minimum atomic E-state index is -0.408. The van der Waals surface area contributed by atoms with E-state index in [9.17, 15) is 9.59 Å². The van der Waals surface area contributed by atoms with Gasteiger partial charge in [0, 0.05) is 57.9 Å². The Bertz CT molecular complexity index is 1240. The fourth-order valence-electron chi connectivity index (χ4n) is 4.77. The molecule has 2 heterocycles. The number of amides is 2. The maximum atomic E-state index is 13.6. The molecule has 3 atom stereocenters. The van der Waals surface area contributed by atoms with Gasteiger partial charge in [-0.15, -0.1) is 0 Å². The molecule has 0 saturated carbocycles. The molecule has 0 aliphatic carbocycles. The molecule has 9 heteroatoms. The minimum Gasteiger partial charge on any atom is -0.491 e. The first-order valence-corrected chi connectivity index (χ1v) is 13.3. The summed E-state index contributed by atoms with van der Waals surface area (Å²) in [6.07, 6.45) is 5.13. The van der Waals surface area contributed by atoms with Crippen molar-refractivity contribution in [2.45, 2.75) is 32.4 Å². The monoisotopic (exact) mass is 531 g/mol. The van der Waals surface area contributed by atoms with Crippen LogP contribution in [0.4, 0.5) is 5.69 Å². The van der Waals surface area contributed by atoms with Crippen LogP contribution in [0.1, 0.15) is 40.3 Å². The van der Waals surface area contributed by atoms with Crippen LogP contribution in [0.25, 0.3) is 0 Å². The first-order valence-electron chi connectivity index (χ1n) is 13.3. The maximum Gasteiger partial charge on any atom is 0.275 e. The van der Waals surface area contributed by atoms with Gasteiger partial charge in [0.25, 0.3) is 11.8 Å². The van der Waals surface area contributed by atoms with Crippen molar-refractivity contribution in [3.8, 4) is 5.75 Å². The summed E-state index contributed by atoms with van der Waals surface area (Å²) in [4.78, 5) is 38.3.